The van der Waals surface area contributed by atoms with Crippen molar-refractivity contribution in [3.8, 4) is 0 Å². The molecule has 1 aliphatic rings. The number of rotatable bonds is 3. The SMILES string of the molecule is CC(=O)c1cnc(CN2CCCCC2)s1. The predicted octanol–water partition coefficient (Wildman–Crippen LogP) is 2.33. The van der Waals surface area contributed by atoms with Crippen LogP contribution in [0.5, 0.6) is 0 Å². The van der Waals surface area contributed by atoms with Crippen LogP contribution in [0, 0.1) is 0 Å². The van der Waals surface area contributed by atoms with E-state index in [1.165, 1.54) is 43.7 Å². The first kappa shape index (κ1) is 10.8. The van der Waals surface area contributed by atoms with Crippen molar-refractivity contribution in [1.29, 1.82) is 0 Å². The van der Waals surface area contributed by atoms with Crippen molar-refractivity contribution in [2.75, 3.05) is 13.1 Å². The van der Waals surface area contributed by atoms with E-state index < -0.39 is 0 Å². The third kappa shape index (κ3) is 2.86. The number of carbonyl (C=O) groups excluding carboxylic acids is 1. The van der Waals surface area contributed by atoms with E-state index in [2.05, 4.69) is 9.88 Å². The summed E-state index contributed by atoms with van der Waals surface area (Å²) < 4.78 is 0. The lowest BCUT2D eigenvalue weighted by atomic mass is 10.1. The van der Waals surface area contributed by atoms with Gasteiger partial charge in [-0.2, -0.15) is 0 Å². The van der Waals surface area contributed by atoms with Crippen LogP contribution in [-0.2, 0) is 6.54 Å². The summed E-state index contributed by atoms with van der Waals surface area (Å²) in [6, 6.07) is 0. The number of aromatic nitrogens is 1. The number of hydrogen-bond donors (Lipinski definition) is 0. The zero-order valence-electron chi connectivity index (χ0n) is 9.03. The Labute approximate surface area is 94.1 Å². The molecule has 0 radical (unpaired) electrons. The molecule has 1 aromatic heterocycles. The minimum absolute atomic E-state index is 0.123. The molecule has 0 aromatic carbocycles. The summed E-state index contributed by atoms with van der Waals surface area (Å²) >= 11 is 1.53. The zero-order valence-corrected chi connectivity index (χ0v) is 9.85. The highest BCUT2D eigenvalue weighted by Crippen LogP contribution is 2.17. The van der Waals surface area contributed by atoms with Crippen LogP contribution in [-0.4, -0.2) is 28.8 Å². The van der Waals surface area contributed by atoms with E-state index in [1.54, 1.807) is 13.1 Å². The summed E-state index contributed by atoms with van der Waals surface area (Å²) in [6.07, 6.45) is 5.65. The number of likely N-dealkylation sites (tertiary alicyclic amines) is 1. The first-order chi connectivity index (χ1) is 7.25. The van der Waals surface area contributed by atoms with Gasteiger partial charge >= 0.3 is 0 Å². The van der Waals surface area contributed by atoms with E-state index in [1.807, 2.05) is 0 Å². The van der Waals surface area contributed by atoms with Gasteiger partial charge in [-0.15, -0.1) is 11.3 Å². The van der Waals surface area contributed by atoms with Crippen LogP contribution >= 0.6 is 11.3 Å². The highest BCUT2D eigenvalue weighted by atomic mass is 32.1. The lowest BCUT2D eigenvalue weighted by Crippen LogP contribution is -2.28. The summed E-state index contributed by atoms with van der Waals surface area (Å²) in [6.45, 7) is 4.86. The van der Waals surface area contributed by atoms with Gasteiger partial charge in [0.2, 0.25) is 0 Å². The molecule has 1 fully saturated rings. The van der Waals surface area contributed by atoms with Crippen molar-refractivity contribution in [2.45, 2.75) is 32.7 Å². The van der Waals surface area contributed by atoms with Crippen LogP contribution in [0.15, 0.2) is 6.20 Å². The minimum atomic E-state index is 0.123. The molecule has 2 heterocycles. The fraction of sp³-hybridized carbons (Fsp3) is 0.636. The molecule has 0 atom stereocenters. The maximum Gasteiger partial charge on any atom is 0.171 e. The van der Waals surface area contributed by atoms with Crippen molar-refractivity contribution >= 4 is 17.1 Å². The molecule has 0 unspecified atom stereocenters. The van der Waals surface area contributed by atoms with Gasteiger partial charge in [0, 0.05) is 13.1 Å². The highest BCUT2D eigenvalue weighted by molar-refractivity contribution is 7.13. The Balaban J connectivity index is 1.94. The van der Waals surface area contributed by atoms with E-state index in [0.29, 0.717) is 0 Å². The van der Waals surface area contributed by atoms with Crippen LogP contribution < -0.4 is 0 Å². The molecular formula is C11H16N2OS. The van der Waals surface area contributed by atoms with Gasteiger partial charge in [-0.25, -0.2) is 4.98 Å². The molecule has 0 bridgehead atoms. The van der Waals surface area contributed by atoms with E-state index in [9.17, 15) is 4.79 Å². The molecule has 0 spiro atoms. The fourth-order valence-electron chi connectivity index (χ4n) is 1.85. The average molecular weight is 224 g/mol. The van der Waals surface area contributed by atoms with Gasteiger partial charge in [0.25, 0.3) is 0 Å². The van der Waals surface area contributed by atoms with Crippen molar-refractivity contribution in [3.63, 3.8) is 0 Å². The van der Waals surface area contributed by atoms with Gasteiger partial charge in [-0.3, -0.25) is 9.69 Å². The number of thiazole rings is 1. The first-order valence-electron chi connectivity index (χ1n) is 5.44. The van der Waals surface area contributed by atoms with Crippen LogP contribution in [0.4, 0.5) is 0 Å². The summed E-state index contributed by atoms with van der Waals surface area (Å²) in [5.74, 6) is 0.123. The second-order valence-electron chi connectivity index (χ2n) is 4.01. The molecule has 1 aliphatic heterocycles. The summed E-state index contributed by atoms with van der Waals surface area (Å²) in [7, 11) is 0. The van der Waals surface area contributed by atoms with Crippen LogP contribution in [0.25, 0.3) is 0 Å². The summed E-state index contributed by atoms with van der Waals surface area (Å²) in [5, 5.41) is 1.07. The van der Waals surface area contributed by atoms with Crippen molar-refractivity contribution < 1.29 is 4.79 Å². The third-order valence-electron chi connectivity index (χ3n) is 2.71. The Kier molecular flexibility index (Phi) is 3.49. The number of hydrogen-bond acceptors (Lipinski definition) is 4. The second-order valence-corrected chi connectivity index (χ2v) is 5.13. The molecule has 4 heteroatoms. The van der Waals surface area contributed by atoms with Gasteiger partial charge < -0.3 is 0 Å². The Morgan fingerprint density at radius 1 is 1.47 bits per heavy atom. The number of carbonyl (C=O) groups is 1. The van der Waals surface area contributed by atoms with E-state index in [0.717, 1.165) is 16.4 Å². The lowest BCUT2D eigenvalue weighted by Gasteiger charge is -2.25. The van der Waals surface area contributed by atoms with Gasteiger partial charge in [-0.1, -0.05) is 6.42 Å². The Morgan fingerprint density at radius 2 is 2.20 bits per heavy atom. The molecule has 0 saturated carbocycles. The fourth-order valence-corrected chi connectivity index (χ4v) is 2.71. The smallest absolute Gasteiger partial charge is 0.171 e. The van der Waals surface area contributed by atoms with Crippen LogP contribution in [0.3, 0.4) is 0 Å². The number of ketones is 1. The van der Waals surface area contributed by atoms with Gasteiger partial charge in [0.05, 0.1) is 11.4 Å². The minimum Gasteiger partial charge on any atom is -0.297 e. The molecule has 0 aliphatic carbocycles. The maximum absolute atomic E-state index is 11.1. The van der Waals surface area contributed by atoms with Crippen molar-refractivity contribution in [3.05, 3.63) is 16.1 Å². The van der Waals surface area contributed by atoms with Gasteiger partial charge in [0.15, 0.2) is 5.78 Å². The van der Waals surface area contributed by atoms with Gasteiger partial charge in [-0.05, 0) is 25.9 Å². The van der Waals surface area contributed by atoms with Gasteiger partial charge in [0.1, 0.15) is 5.01 Å². The maximum atomic E-state index is 11.1. The van der Waals surface area contributed by atoms with Crippen molar-refractivity contribution in [2.24, 2.45) is 0 Å². The van der Waals surface area contributed by atoms with Crippen LogP contribution in [0.2, 0.25) is 0 Å². The van der Waals surface area contributed by atoms with E-state index >= 15 is 0 Å². The molecule has 0 N–H and O–H groups in total. The average Bonchev–Trinajstić information content (AvgIpc) is 2.68. The Hall–Kier alpha value is -0.740. The Morgan fingerprint density at radius 3 is 2.80 bits per heavy atom. The largest absolute Gasteiger partial charge is 0.297 e. The predicted molar refractivity (Wildman–Crippen MR) is 61.2 cm³/mol. The number of nitrogens with zero attached hydrogens (tertiary/aromatic N) is 2. The number of Topliss-reactive ketones (excluding diaryl/α,β-unsaturated/α-hetero) is 1. The van der Waals surface area contributed by atoms with Crippen molar-refractivity contribution in [1.82, 2.24) is 9.88 Å². The monoisotopic (exact) mass is 224 g/mol. The first-order valence-corrected chi connectivity index (χ1v) is 6.25. The highest BCUT2D eigenvalue weighted by Gasteiger charge is 2.13. The summed E-state index contributed by atoms with van der Waals surface area (Å²) in [4.78, 5) is 18.6. The molecule has 2 rings (SSSR count). The molecule has 82 valence electrons. The summed E-state index contributed by atoms with van der Waals surface area (Å²) in [5.41, 5.74) is 0. The Bertz CT molecular complexity index is 342. The standard InChI is InChI=1S/C11H16N2OS/c1-9(14)10-7-12-11(15-10)8-13-5-3-2-4-6-13/h7H,2-6,8H2,1H3. The van der Waals surface area contributed by atoms with E-state index in [-0.39, 0.29) is 5.78 Å². The second kappa shape index (κ2) is 4.86. The third-order valence-corrected chi connectivity index (χ3v) is 3.79. The van der Waals surface area contributed by atoms with Crippen LogP contribution in [0.1, 0.15) is 40.9 Å². The topological polar surface area (TPSA) is 33.2 Å². The molecule has 3 nitrogen and oxygen atoms in total. The lowest BCUT2D eigenvalue weighted by molar-refractivity contribution is 0.102. The quantitative estimate of drug-likeness (QED) is 0.739. The molecule has 1 aromatic rings. The normalized spacial score (nSPS) is 17.9. The molecule has 0 amide bonds. The number of piperidine rings is 1. The zero-order chi connectivity index (χ0) is 10.7. The molecule has 15 heavy (non-hydrogen) atoms. The molecular weight excluding hydrogens is 208 g/mol. The van der Waals surface area contributed by atoms with E-state index in [4.69, 9.17) is 0 Å². The molecule has 1 saturated heterocycles.